The van der Waals surface area contributed by atoms with Gasteiger partial charge in [0.1, 0.15) is 5.70 Å². The smallest absolute Gasteiger partial charge is 0.277 e. The summed E-state index contributed by atoms with van der Waals surface area (Å²) in [5.74, 6) is -0.412. The maximum absolute atomic E-state index is 12.1. The highest BCUT2D eigenvalue weighted by molar-refractivity contribution is 6.17. The lowest BCUT2D eigenvalue weighted by molar-refractivity contribution is -0.137. The highest BCUT2D eigenvalue weighted by atomic mass is 16.5. The SMILES string of the molecule is COc1nccc2ccc(NC3=CC(=O)N(CCO)C3=O)cc12. The lowest BCUT2D eigenvalue weighted by atomic mass is 10.1. The Bertz CT molecular complexity index is 816. The van der Waals surface area contributed by atoms with Crippen molar-refractivity contribution in [3.05, 3.63) is 42.2 Å². The fourth-order valence-electron chi connectivity index (χ4n) is 2.45. The second-order valence-corrected chi connectivity index (χ2v) is 4.96. The van der Waals surface area contributed by atoms with Crippen LogP contribution in [0.5, 0.6) is 5.88 Å². The Hall–Kier alpha value is -2.93. The van der Waals surface area contributed by atoms with E-state index in [1.807, 2.05) is 12.1 Å². The number of hydrogen-bond acceptors (Lipinski definition) is 6. The van der Waals surface area contributed by atoms with Crippen LogP contribution >= 0.6 is 0 Å². The lowest BCUT2D eigenvalue weighted by Gasteiger charge is -2.13. The Morgan fingerprint density at radius 1 is 1.30 bits per heavy atom. The van der Waals surface area contributed by atoms with Crippen molar-refractivity contribution in [1.29, 1.82) is 0 Å². The van der Waals surface area contributed by atoms with Crippen molar-refractivity contribution >= 4 is 28.3 Å². The number of fused-ring (bicyclic) bond motifs is 1. The van der Waals surface area contributed by atoms with Gasteiger partial charge in [-0.1, -0.05) is 6.07 Å². The minimum Gasteiger partial charge on any atom is -0.481 e. The molecular formula is C16H15N3O4. The van der Waals surface area contributed by atoms with Gasteiger partial charge in [-0.15, -0.1) is 0 Å². The van der Waals surface area contributed by atoms with Crippen LogP contribution in [0.25, 0.3) is 10.8 Å². The van der Waals surface area contributed by atoms with Crippen molar-refractivity contribution in [3.8, 4) is 5.88 Å². The summed E-state index contributed by atoms with van der Waals surface area (Å²) in [6.07, 6.45) is 2.88. The van der Waals surface area contributed by atoms with Crippen molar-refractivity contribution < 1.29 is 19.4 Å². The Kier molecular flexibility index (Phi) is 3.94. The van der Waals surface area contributed by atoms with E-state index < -0.39 is 11.8 Å². The van der Waals surface area contributed by atoms with Gasteiger partial charge in [-0.2, -0.15) is 0 Å². The molecule has 0 saturated heterocycles. The molecule has 7 nitrogen and oxygen atoms in total. The molecule has 1 aromatic carbocycles. The summed E-state index contributed by atoms with van der Waals surface area (Å²) in [4.78, 5) is 29.0. The van der Waals surface area contributed by atoms with Gasteiger partial charge in [0.05, 0.1) is 20.3 Å². The topological polar surface area (TPSA) is 91.8 Å². The molecule has 0 bridgehead atoms. The van der Waals surface area contributed by atoms with Gasteiger partial charge in [0.25, 0.3) is 11.8 Å². The van der Waals surface area contributed by atoms with Crippen LogP contribution in [-0.2, 0) is 9.59 Å². The van der Waals surface area contributed by atoms with E-state index in [0.717, 1.165) is 15.7 Å². The van der Waals surface area contributed by atoms with Gasteiger partial charge in [-0.25, -0.2) is 4.98 Å². The first-order chi connectivity index (χ1) is 11.1. The molecule has 7 heteroatoms. The van der Waals surface area contributed by atoms with Gasteiger partial charge < -0.3 is 15.2 Å². The number of rotatable bonds is 5. The molecule has 2 amide bonds. The van der Waals surface area contributed by atoms with Gasteiger partial charge >= 0.3 is 0 Å². The van der Waals surface area contributed by atoms with Crippen LogP contribution in [0.2, 0.25) is 0 Å². The molecule has 0 spiro atoms. The molecule has 3 rings (SSSR count). The number of carbonyl (C=O) groups is 2. The third-order valence-corrected chi connectivity index (χ3v) is 3.53. The number of ether oxygens (including phenoxy) is 1. The van der Waals surface area contributed by atoms with Crippen molar-refractivity contribution in [2.45, 2.75) is 0 Å². The van der Waals surface area contributed by atoms with Gasteiger partial charge in [0, 0.05) is 23.3 Å². The summed E-state index contributed by atoms with van der Waals surface area (Å²) in [5.41, 5.74) is 0.813. The molecule has 0 saturated carbocycles. The van der Waals surface area contributed by atoms with Crippen LogP contribution in [0.15, 0.2) is 42.2 Å². The monoisotopic (exact) mass is 313 g/mol. The predicted molar refractivity (Wildman–Crippen MR) is 83.8 cm³/mol. The van der Waals surface area contributed by atoms with Crippen LogP contribution in [0.4, 0.5) is 5.69 Å². The maximum Gasteiger partial charge on any atom is 0.277 e. The summed E-state index contributed by atoms with van der Waals surface area (Å²) >= 11 is 0. The first-order valence-corrected chi connectivity index (χ1v) is 7.02. The van der Waals surface area contributed by atoms with E-state index in [1.165, 1.54) is 13.2 Å². The molecular weight excluding hydrogens is 298 g/mol. The van der Waals surface area contributed by atoms with Gasteiger partial charge in [0.15, 0.2) is 0 Å². The van der Waals surface area contributed by atoms with Crippen LogP contribution in [-0.4, -0.2) is 47.1 Å². The quantitative estimate of drug-likeness (QED) is 0.797. The molecule has 0 fully saturated rings. The van der Waals surface area contributed by atoms with Crippen molar-refractivity contribution in [1.82, 2.24) is 9.88 Å². The third-order valence-electron chi connectivity index (χ3n) is 3.53. The average molecular weight is 313 g/mol. The summed E-state index contributed by atoms with van der Waals surface area (Å²) in [5, 5.41) is 13.6. The molecule has 2 heterocycles. The predicted octanol–water partition coefficient (Wildman–Crippen LogP) is 0.900. The van der Waals surface area contributed by atoms with E-state index in [0.29, 0.717) is 11.6 Å². The number of pyridine rings is 1. The second kappa shape index (κ2) is 6.05. The van der Waals surface area contributed by atoms with Crippen molar-refractivity contribution in [2.75, 3.05) is 25.6 Å². The summed E-state index contributed by atoms with van der Waals surface area (Å²) < 4.78 is 5.23. The minimum atomic E-state index is -0.456. The highest BCUT2D eigenvalue weighted by Crippen LogP contribution is 2.27. The summed E-state index contributed by atoms with van der Waals surface area (Å²) in [6, 6.07) is 7.33. The number of hydrogen-bond donors (Lipinski definition) is 2. The molecule has 2 aromatic rings. The van der Waals surface area contributed by atoms with Crippen LogP contribution in [0, 0.1) is 0 Å². The number of aromatic nitrogens is 1. The third kappa shape index (κ3) is 2.74. The van der Waals surface area contributed by atoms with Gasteiger partial charge in [0.2, 0.25) is 5.88 Å². The molecule has 0 atom stereocenters. The molecule has 0 unspecified atom stereocenters. The average Bonchev–Trinajstić information content (AvgIpc) is 2.82. The molecule has 1 aliphatic heterocycles. The Balaban J connectivity index is 1.89. The van der Waals surface area contributed by atoms with E-state index in [9.17, 15) is 9.59 Å². The molecule has 1 aliphatic rings. The normalized spacial score (nSPS) is 14.3. The van der Waals surface area contributed by atoms with Crippen molar-refractivity contribution in [2.24, 2.45) is 0 Å². The fourth-order valence-corrected chi connectivity index (χ4v) is 2.45. The Labute approximate surface area is 132 Å². The Morgan fingerprint density at radius 3 is 2.87 bits per heavy atom. The zero-order chi connectivity index (χ0) is 16.4. The number of nitrogens with zero attached hydrogens (tertiary/aromatic N) is 2. The second-order valence-electron chi connectivity index (χ2n) is 4.96. The highest BCUT2D eigenvalue weighted by Gasteiger charge is 2.30. The van der Waals surface area contributed by atoms with E-state index in [1.54, 1.807) is 18.3 Å². The van der Waals surface area contributed by atoms with Crippen LogP contribution in [0.3, 0.4) is 0 Å². The number of methoxy groups -OCH3 is 1. The summed E-state index contributed by atoms with van der Waals surface area (Å²) in [7, 11) is 1.54. The number of benzene rings is 1. The largest absolute Gasteiger partial charge is 0.481 e. The van der Waals surface area contributed by atoms with Gasteiger partial charge in [-0.3, -0.25) is 14.5 Å². The van der Waals surface area contributed by atoms with Crippen LogP contribution in [0.1, 0.15) is 0 Å². The number of amides is 2. The number of nitrogens with one attached hydrogen (secondary N) is 1. The number of imide groups is 1. The van der Waals surface area contributed by atoms with E-state index in [4.69, 9.17) is 9.84 Å². The number of β-amino-alcohol motifs (C(OH)–C–C–N with tert-alkyl or cyclic N) is 1. The zero-order valence-electron chi connectivity index (χ0n) is 12.4. The fraction of sp³-hybridized carbons (Fsp3) is 0.188. The van der Waals surface area contributed by atoms with E-state index >= 15 is 0 Å². The standard InChI is InChI=1S/C16H15N3O4/c1-23-15-12-8-11(3-2-10(12)4-5-17-15)18-13-9-14(21)19(6-7-20)16(13)22/h2-5,8-9,18,20H,6-7H2,1H3. The minimum absolute atomic E-state index is 0.0190. The number of aliphatic hydroxyl groups excluding tert-OH is 1. The molecule has 2 N–H and O–H groups in total. The van der Waals surface area contributed by atoms with E-state index in [-0.39, 0.29) is 18.8 Å². The van der Waals surface area contributed by atoms with E-state index in [2.05, 4.69) is 10.3 Å². The lowest BCUT2D eigenvalue weighted by Crippen LogP contribution is -2.34. The van der Waals surface area contributed by atoms with Crippen molar-refractivity contribution in [3.63, 3.8) is 0 Å². The first-order valence-electron chi connectivity index (χ1n) is 7.02. The molecule has 1 aromatic heterocycles. The Morgan fingerprint density at radius 2 is 2.13 bits per heavy atom. The van der Waals surface area contributed by atoms with Gasteiger partial charge in [-0.05, 0) is 23.6 Å². The molecule has 0 radical (unpaired) electrons. The zero-order valence-corrected chi connectivity index (χ0v) is 12.4. The molecule has 0 aliphatic carbocycles. The number of aliphatic hydroxyl groups is 1. The summed E-state index contributed by atoms with van der Waals surface area (Å²) in [6.45, 7) is -0.285. The molecule has 118 valence electrons. The number of carbonyl (C=O) groups excluding carboxylic acids is 2. The van der Waals surface area contributed by atoms with Crippen LogP contribution < -0.4 is 10.1 Å². The number of anilines is 1. The maximum atomic E-state index is 12.1. The molecule has 23 heavy (non-hydrogen) atoms. The first kappa shape index (κ1) is 15.0.